The van der Waals surface area contributed by atoms with E-state index < -0.39 is 5.91 Å². The lowest BCUT2D eigenvalue weighted by Crippen LogP contribution is -2.35. The first-order valence-corrected chi connectivity index (χ1v) is 7.56. The van der Waals surface area contributed by atoms with Crippen LogP contribution in [0.5, 0.6) is 0 Å². The smallest absolute Gasteiger partial charge is 0.248 e. The number of nitrogens with zero attached hydrogens (tertiary/aromatic N) is 1. The molecule has 2 rings (SSSR count). The summed E-state index contributed by atoms with van der Waals surface area (Å²) >= 11 is 0. The number of amidine groups is 1. The van der Waals surface area contributed by atoms with E-state index in [9.17, 15) is 15.3 Å². The van der Waals surface area contributed by atoms with Gasteiger partial charge in [0.25, 0.3) is 0 Å². The van der Waals surface area contributed by atoms with Gasteiger partial charge in [0, 0.05) is 23.9 Å². The van der Waals surface area contributed by atoms with Crippen molar-refractivity contribution in [2.75, 3.05) is 12.4 Å². The molecule has 0 aliphatic heterocycles. The van der Waals surface area contributed by atoms with Crippen LogP contribution in [0, 0.1) is 6.92 Å². The van der Waals surface area contributed by atoms with E-state index in [2.05, 4.69) is 10.3 Å². The highest BCUT2D eigenvalue weighted by Gasteiger charge is 2.19. The highest BCUT2D eigenvalue weighted by atomic mass is 16.5. The fourth-order valence-corrected chi connectivity index (χ4v) is 2.15. The second kappa shape index (κ2) is 7.35. The second-order valence-electron chi connectivity index (χ2n) is 5.63. The molecule has 7 heteroatoms. The van der Waals surface area contributed by atoms with Crippen LogP contribution in [-0.2, 0) is 5.91 Å². The molecule has 2 aromatic rings. The molecular formula is C18H22N4O3. The van der Waals surface area contributed by atoms with Gasteiger partial charge in [-0.2, -0.15) is 0 Å². The first-order valence-electron chi connectivity index (χ1n) is 7.56. The summed E-state index contributed by atoms with van der Waals surface area (Å²) < 4.78 is 0. The second-order valence-corrected chi connectivity index (χ2v) is 5.63. The number of hydrogen-bond acceptors (Lipinski definition) is 6. The van der Waals surface area contributed by atoms with E-state index in [-0.39, 0.29) is 22.9 Å². The molecule has 7 nitrogen and oxygen atoms in total. The van der Waals surface area contributed by atoms with Crippen LogP contribution < -0.4 is 16.8 Å². The summed E-state index contributed by atoms with van der Waals surface area (Å²) in [6.07, 6.45) is 0. The molecule has 0 aliphatic carbocycles. The number of aryl methyl sites for hydroxylation is 1. The van der Waals surface area contributed by atoms with E-state index in [1.807, 2.05) is 31.2 Å². The number of nitrogens with two attached hydrogens (primary N) is 2. The van der Waals surface area contributed by atoms with Crippen LogP contribution in [0.15, 0.2) is 59.3 Å². The third-order valence-corrected chi connectivity index (χ3v) is 3.64. The first kappa shape index (κ1) is 18.5. The molecule has 0 fully saturated rings. The van der Waals surface area contributed by atoms with Gasteiger partial charge in [-0.15, -0.1) is 0 Å². The van der Waals surface area contributed by atoms with E-state index in [1.54, 1.807) is 12.1 Å². The van der Waals surface area contributed by atoms with Gasteiger partial charge in [0.2, 0.25) is 5.91 Å². The van der Waals surface area contributed by atoms with Gasteiger partial charge in [-0.25, -0.2) is 0 Å². The maximum absolute atomic E-state index is 10.4. The van der Waals surface area contributed by atoms with E-state index in [0.29, 0.717) is 11.3 Å². The zero-order chi connectivity index (χ0) is 18.6. The summed E-state index contributed by atoms with van der Waals surface area (Å²) in [5.41, 5.74) is 13.9. The Morgan fingerprint density at radius 1 is 1.04 bits per heavy atom. The number of aliphatic hydroxyl groups is 3. The molecule has 0 atom stereocenters. The van der Waals surface area contributed by atoms with E-state index in [0.717, 1.165) is 5.56 Å². The predicted octanol–water partition coefficient (Wildman–Crippen LogP) is 1.37. The Bertz CT molecular complexity index is 789. The average Bonchev–Trinajstić information content (AvgIpc) is 2.58. The van der Waals surface area contributed by atoms with Crippen molar-refractivity contribution in [2.45, 2.75) is 12.8 Å². The van der Waals surface area contributed by atoms with Crippen molar-refractivity contribution in [2.24, 2.45) is 16.5 Å². The SMILES string of the molecule is CN=C(Nc1ccc(C(N)(O)O)cc1)/C(O)=C(\N)c1ccc(C)cc1. The van der Waals surface area contributed by atoms with Crippen molar-refractivity contribution in [3.05, 3.63) is 71.0 Å². The quantitative estimate of drug-likeness (QED) is 0.215. The molecule has 0 spiro atoms. The van der Waals surface area contributed by atoms with Crippen molar-refractivity contribution in [1.29, 1.82) is 0 Å². The minimum atomic E-state index is -2.40. The van der Waals surface area contributed by atoms with Gasteiger partial charge in [0.1, 0.15) is 0 Å². The summed E-state index contributed by atoms with van der Waals surface area (Å²) in [6.45, 7) is 1.96. The topological polar surface area (TPSA) is 137 Å². The van der Waals surface area contributed by atoms with Gasteiger partial charge < -0.3 is 26.4 Å². The molecule has 8 N–H and O–H groups in total. The van der Waals surface area contributed by atoms with Crippen LogP contribution in [-0.4, -0.2) is 28.2 Å². The molecule has 0 amide bonds. The van der Waals surface area contributed by atoms with E-state index in [4.69, 9.17) is 11.5 Å². The fourth-order valence-electron chi connectivity index (χ4n) is 2.15. The van der Waals surface area contributed by atoms with Crippen LogP contribution >= 0.6 is 0 Å². The molecule has 0 bridgehead atoms. The Hall–Kier alpha value is -2.87. The number of anilines is 1. The molecule has 25 heavy (non-hydrogen) atoms. The van der Waals surface area contributed by atoms with Crippen molar-refractivity contribution < 1.29 is 15.3 Å². The Kier molecular flexibility index (Phi) is 5.43. The minimum absolute atomic E-state index is 0.131. The Morgan fingerprint density at radius 3 is 2.08 bits per heavy atom. The van der Waals surface area contributed by atoms with Crippen LogP contribution in [0.4, 0.5) is 5.69 Å². The maximum Gasteiger partial charge on any atom is 0.248 e. The van der Waals surface area contributed by atoms with Crippen molar-refractivity contribution in [1.82, 2.24) is 0 Å². The lowest BCUT2D eigenvalue weighted by Gasteiger charge is -2.17. The number of aliphatic imine (C=N–C) groups is 1. The molecule has 0 saturated carbocycles. The highest BCUT2D eigenvalue weighted by molar-refractivity contribution is 6.10. The molecule has 0 aliphatic rings. The molecular weight excluding hydrogens is 320 g/mol. The normalized spacial score (nSPS) is 13.4. The molecule has 0 unspecified atom stereocenters. The van der Waals surface area contributed by atoms with E-state index >= 15 is 0 Å². The number of nitrogens with one attached hydrogen (secondary N) is 1. The Labute approximate surface area is 145 Å². The summed E-state index contributed by atoms with van der Waals surface area (Å²) in [6, 6.07) is 13.5. The van der Waals surface area contributed by atoms with Gasteiger partial charge >= 0.3 is 0 Å². The van der Waals surface area contributed by atoms with Crippen LogP contribution in [0.2, 0.25) is 0 Å². The first-order chi connectivity index (χ1) is 11.7. The number of aliphatic hydroxyl groups excluding tert-OH is 1. The van der Waals surface area contributed by atoms with Crippen molar-refractivity contribution >= 4 is 17.2 Å². The Morgan fingerprint density at radius 2 is 1.60 bits per heavy atom. The largest absolute Gasteiger partial charge is 0.503 e. The van der Waals surface area contributed by atoms with E-state index in [1.165, 1.54) is 19.2 Å². The number of benzene rings is 2. The summed E-state index contributed by atoms with van der Waals surface area (Å²) in [5.74, 6) is -2.41. The average molecular weight is 342 g/mol. The van der Waals surface area contributed by atoms with Gasteiger partial charge in [-0.1, -0.05) is 42.0 Å². The number of rotatable bonds is 4. The Balaban J connectivity index is 2.24. The van der Waals surface area contributed by atoms with Crippen LogP contribution in [0.1, 0.15) is 16.7 Å². The minimum Gasteiger partial charge on any atom is -0.503 e. The number of hydrogen-bond donors (Lipinski definition) is 6. The molecule has 0 radical (unpaired) electrons. The van der Waals surface area contributed by atoms with Crippen LogP contribution in [0.3, 0.4) is 0 Å². The predicted molar refractivity (Wildman–Crippen MR) is 98.6 cm³/mol. The summed E-state index contributed by atoms with van der Waals surface area (Å²) in [5, 5.41) is 32.0. The van der Waals surface area contributed by atoms with Gasteiger partial charge in [0.05, 0.1) is 5.70 Å². The molecule has 0 aromatic heterocycles. The zero-order valence-corrected chi connectivity index (χ0v) is 14.1. The third-order valence-electron chi connectivity index (χ3n) is 3.64. The highest BCUT2D eigenvalue weighted by Crippen LogP contribution is 2.18. The fraction of sp³-hybridized carbons (Fsp3) is 0.167. The zero-order valence-electron chi connectivity index (χ0n) is 14.1. The maximum atomic E-state index is 10.4. The van der Waals surface area contributed by atoms with Crippen LogP contribution in [0.25, 0.3) is 5.70 Å². The van der Waals surface area contributed by atoms with Gasteiger partial charge in [0.15, 0.2) is 11.6 Å². The lowest BCUT2D eigenvalue weighted by atomic mass is 10.1. The van der Waals surface area contributed by atoms with Gasteiger partial charge in [-0.3, -0.25) is 10.7 Å². The monoisotopic (exact) mass is 342 g/mol. The molecule has 132 valence electrons. The third kappa shape index (κ3) is 4.57. The van der Waals surface area contributed by atoms with Crippen molar-refractivity contribution in [3.63, 3.8) is 0 Å². The lowest BCUT2D eigenvalue weighted by molar-refractivity contribution is -0.163. The molecule has 2 aromatic carbocycles. The summed E-state index contributed by atoms with van der Waals surface area (Å²) in [7, 11) is 1.52. The molecule has 0 saturated heterocycles. The summed E-state index contributed by atoms with van der Waals surface area (Å²) in [4.78, 5) is 4.01. The van der Waals surface area contributed by atoms with Crippen molar-refractivity contribution in [3.8, 4) is 0 Å². The molecule has 0 heterocycles. The standard InChI is InChI=1S/C18H22N4O3/c1-11-3-5-12(6-4-11)15(19)16(23)17(21-2)22-14-9-7-13(8-10-14)18(20,24)25/h3-10,23-25H,19-20H2,1-2H3,(H,21,22)/b16-15+. The van der Waals surface area contributed by atoms with Gasteiger partial charge in [-0.05, 0) is 19.1 Å².